The molecule has 0 aliphatic rings. The van der Waals surface area contributed by atoms with Crippen LogP contribution in [-0.4, -0.2) is 4.98 Å². The van der Waals surface area contributed by atoms with Crippen molar-refractivity contribution in [2.24, 2.45) is 5.73 Å². The third kappa shape index (κ3) is 3.77. The highest BCUT2D eigenvalue weighted by Gasteiger charge is 2.09. The lowest BCUT2D eigenvalue weighted by atomic mass is 10.1. The van der Waals surface area contributed by atoms with Crippen molar-refractivity contribution >= 4 is 11.3 Å². The average Bonchev–Trinajstić information content (AvgIpc) is 2.84. The van der Waals surface area contributed by atoms with Gasteiger partial charge in [0.25, 0.3) is 0 Å². The largest absolute Gasteiger partial charge is 0.487 e. The average molecular weight is 294 g/mol. The zero-order valence-corrected chi connectivity index (χ0v) is 12.5. The summed E-state index contributed by atoms with van der Waals surface area (Å²) in [5.74, 6) is 0.166. The number of benzene rings is 1. The topological polar surface area (TPSA) is 48.1 Å². The van der Waals surface area contributed by atoms with Gasteiger partial charge in [0.2, 0.25) is 0 Å². The van der Waals surface area contributed by atoms with Gasteiger partial charge in [0.15, 0.2) is 0 Å². The molecule has 5 heteroatoms. The monoisotopic (exact) mass is 294 g/mol. The molecule has 2 aromatic rings. The summed E-state index contributed by atoms with van der Waals surface area (Å²) in [6.45, 7) is 4.24. The van der Waals surface area contributed by atoms with Gasteiger partial charge in [-0.2, -0.15) is 0 Å². The van der Waals surface area contributed by atoms with Gasteiger partial charge < -0.3 is 10.5 Å². The van der Waals surface area contributed by atoms with Crippen molar-refractivity contribution in [1.82, 2.24) is 4.98 Å². The summed E-state index contributed by atoms with van der Waals surface area (Å²) in [4.78, 5) is 4.46. The van der Waals surface area contributed by atoms with Crippen molar-refractivity contribution in [2.45, 2.75) is 39.3 Å². The van der Waals surface area contributed by atoms with E-state index in [1.165, 1.54) is 6.07 Å². The maximum absolute atomic E-state index is 13.8. The van der Waals surface area contributed by atoms with Crippen LogP contribution in [0.25, 0.3) is 0 Å². The van der Waals surface area contributed by atoms with Crippen molar-refractivity contribution in [1.29, 1.82) is 0 Å². The lowest BCUT2D eigenvalue weighted by Crippen LogP contribution is -2.07. The summed E-state index contributed by atoms with van der Waals surface area (Å²) in [7, 11) is 0. The number of thiazole rings is 1. The van der Waals surface area contributed by atoms with Gasteiger partial charge in [-0.1, -0.05) is 13.0 Å². The molecule has 0 fully saturated rings. The molecule has 2 N–H and O–H groups in total. The van der Waals surface area contributed by atoms with Gasteiger partial charge in [-0.25, -0.2) is 9.37 Å². The second kappa shape index (κ2) is 6.81. The van der Waals surface area contributed by atoms with E-state index in [0.717, 1.165) is 23.5 Å². The molecule has 0 radical (unpaired) electrons. The minimum Gasteiger partial charge on any atom is -0.487 e. The Kier molecular flexibility index (Phi) is 5.09. The Bertz CT molecular complexity index is 569. The van der Waals surface area contributed by atoms with Gasteiger partial charge in [-0.15, -0.1) is 11.3 Å². The molecule has 1 aromatic heterocycles. The predicted octanol–water partition coefficient (Wildman–Crippen LogP) is 3.83. The molecule has 20 heavy (non-hydrogen) atoms. The van der Waals surface area contributed by atoms with E-state index in [4.69, 9.17) is 10.5 Å². The van der Waals surface area contributed by atoms with Crippen molar-refractivity contribution in [3.05, 3.63) is 45.7 Å². The van der Waals surface area contributed by atoms with Gasteiger partial charge in [-0.3, -0.25) is 0 Å². The number of hydrogen-bond donors (Lipinski definition) is 1. The summed E-state index contributed by atoms with van der Waals surface area (Å²) in [5.41, 5.74) is 7.05. The fourth-order valence-electron chi connectivity index (χ4n) is 1.87. The van der Waals surface area contributed by atoms with Crippen LogP contribution in [0.5, 0.6) is 5.75 Å². The van der Waals surface area contributed by atoms with Crippen LogP contribution in [0.4, 0.5) is 4.39 Å². The predicted molar refractivity (Wildman–Crippen MR) is 79.4 cm³/mol. The molecule has 0 aliphatic heterocycles. The maximum atomic E-state index is 13.8. The molecule has 0 unspecified atom stereocenters. The molecular formula is C15H19FN2OS. The zero-order chi connectivity index (χ0) is 14.5. The minimum atomic E-state index is -0.331. The standard InChI is InChI=1S/C15H19FN2OS/c1-3-4-15-18-11(9-20-15)8-19-12-5-6-13(10(2)17)14(16)7-12/h5-7,9-10H,3-4,8,17H2,1-2H3/t10-/m1/s1. The van der Waals surface area contributed by atoms with Crippen LogP contribution in [-0.2, 0) is 13.0 Å². The van der Waals surface area contributed by atoms with Gasteiger partial charge in [-0.05, 0) is 25.8 Å². The Hall–Kier alpha value is -1.46. The smallest absolute Gasteiger partial charge is 0.131 e. The molecule has 0 aliphatic carbocycles. The van der Waals surface area contributed by atoms with Gasteiger partial charge in [0, 0.05) is 23.1 Å². The van der Waals surface area contributed by atoms with Crippen molar-refractivity contribution < 1.29 is 9.13 Å². The van der Waals surface area contributed by atoms with Crippen LogP contribution in [0.15, 0.2) is 23.6 Å². The fraction of sp³-hybridized carbons (Fsp3) is 0.400. The number of nitrogens with zero attached hydrogens (tertiary/aromatic N) is 1. The van der Waals surface area contributed by atoms with E-state index in [0.29, 0.717) is 17.9 Å². The number of halogens is 1. The summed E-state index contributed by atoms with van der Waals surface area (Å²) in [6.07, 6.45) is 2.07. The van der Waals surface area contributed by atoms with Crippen molar-refractivity contribution in [3.8, 4) is 5.75 Å². The van der Waals surface area contributed by atoms with Crippen LogP contribution in [0.1, 0.15) is 42.6 Å². The van der Waals surface area contributed by atoms with E-state index in [1.807, 2.05) is 5.38 Å². The lowest BCUT2D eigenvalue weighted by molar-refractivity contribution is 0.300. The zero-order valence-electron chi connectivity index (χ0n) is 11.7. The maximum Gasteiger partial charge on any atom is 0.131 e. The Labute approximate surface area is 122 Å². The molecule has 3 nitrogen and oxygen atoms in total. The molecule has 1 aromatic carbocycles. The van der Waals surface area contributed by atoms with Gasteiger partial charge in [0.1, 0.15) is 18.2 Å². The number of hydrogen-bond acceptors (Lipinski definition) is 4. The molecule has 0 spiro atoms. The van der Waals surface area contributed by atoms with Gasteiger partial charge >= 0.3 is 0 Å². The number of aromatic nitrogens is 1. The van der Waals surface area contributed by atoms with E-state index in [-0.39, 0.29) is 11.9 Å². The van der Waals surface area contributed by atoms with E-state index < -0.39 is 0 Å². The SMILES string of the molecule is CCCc1nc(COc2ccc([C@@H](C)N)c(F)c2)cs1. The van der Waals surface area contributed by atoms with E-state index >= 15 is 0 Å². The second-order valence-corrected chi connectivity index (χ2v) is 5.69. The third-order valence-electron chi connectivity index (χ3n) is 2.91. The molecule has 108 valence electrons. The second-order valence-electron chi connectivity index (χ2n) is 4.74. The summed E-state index contributed by atoms with van der Waals surface area (Å²) < 4.78 is 19.3. The summed E-state index contributed by atoms with van der Waals surface area (Å²) in [6, 6.07) is 4.46. The van der Waals surface area contributed by atoms with Crippen molar-refractivity contribution in [3.63, 3.8) is 0 Å². The van der Waals surface area contributed by atoms with E-state index in [2.05, 4.69) is 11.9 Å². The Morgan fingerprint density at radius 1 is 1.45 bits per heavy atom. The van der Waals surface area contributed by atoms with Crippen LogP contribution < -0.4 is 10.5 Å². The number of rotatable bonds is 6. The fourth-order valence-corrected chi connectivity index (χ4v) is 2.75. The molecule has 0 amide bonds. The molecular weight excluding hydrogens is 275 g/mol. The van der Waals surface area contributed by atoms with E-state index in [9.17, 15) is 4.39 Å². The summed E-state index contributed by atoms with van der Waals surface area (Å²) >= 11 is 1.64. The highest BCUT2D eigenvalue weighted by atomic mass is 32.1. The first-order valence-electron chi connectivity index (χ1n) is 6.71. The number of ether oxygens (including phenoxy) is 1. The normalized spacial score (nSPS) is 12.4. The first-order valence-corrected chi connectivity index (χ1v) is 7.59. The minimum absolute atomic E-state index is 0.320. The summed E-state index contributed by atoms with van der Waals surface area (Å²) in [5, 5.41) is 3.10. The Balaban J connectivity index is 1.98. The molecule has 0 bridgehead atoms. The Morgan fingerprint density at radius 3 is 2.90 bits per heavy atom. The third-order valence-corrected chi connectivity index (χ3v) is 3.87. The Morgan fingerprint density at radius 2 is 2.25 bits per heavy atom. The molecule has 2 rings (SSSR count). The number of nitrogens with two attached hydrogens (primary N) is 1. The van der Waals surface area contributed by atoms with Crippen LogP contribution >= 0.6 is 11.3 Å². The van der Waals surface area contributed by atoms with Crippen LogP contribution in [0, 0.1) is 5.82 Å². The molecule has 0 saturated heterocycles. The molecule has 1 atom stereocenters. The number of aryl methyl sites for hydroxylation is 1. The highest BCUT2D eigenvalue weighted by Crippen LogP contribution is 2.21. The highest BCUT2D eigenvalue weighted by molar-refractivity contribution is 7.09. The first-order chi connectivity index (χ1) is 9.60. The van der Waals surface area contributed by atoms with Gasteiger partial charge in [0.05, 0.1) is 10.7 Å². The van der Waals surface area contributed by atoms with Crippen molar-refractivity contribution in [2.75, 3.05) is 0 Å². The van der Waals surface area contributed by atoms with Crippen LogP contribution in [0.2, 0.25) is 0 Å². The van der Waals surface area contributed by atoms with Crippen LogP contribution in [0.3, 0.4) is 0 Å². The van der Waals surface area contributed by atoms with E-state index in [1.54, 1.807) is 30.4 Å². The lowest BCUT2D eigenvalue weighted by Gasteiger charge is -2.09. The molecule has 1 heterocycles. The molecule has 0 saturated carbocycles. The quantitative estimate of drug-likeness (QED) is 0.880. The first kappa shape index (κ1) is 14.9.